The van der Waals surface area contributed by atoms with Gasteiger partial charge >= 0.3 is 0 Å². The largest absolute Gasteiger partial charge is 0.391 e. The van der Waals surface area contributed by atoms with Crippen molar-refractivity contribution in [3.63, 3.8) is 0 Å². The molecule has 0 aromatic rings. The molecule has 2 N–H and O–H groups in total. The lowest BCUT2D eigenvalue weighted by Crippen LogP contribution is -2.40. The fourth-order valence-corrected chi connectivity index (χ4v) is 4.05. The van der Waals surface area contributed by atoms with Gasteiger partial charge in [0, 0.05) is 6.04 Å². The number of hydrogen-bond donors (Lipinski definition) is 2. The number of hydrogen-bond acceptors (Lipinski definition) is 3. The van der Waals surface area contributed by atoms with Gasteiger partial charge in [-0.05, 0) is 13.3 Å². The number of aliphatic hydroxyl groups excluding tert-OH is 1. The highest BCUT2D eigenvalue weighted by Gasteiger charge is 2.17. The van der Waals surface area contributed by atoms with Crippen LogP contribution in [0.1, 0.15) is 110 Å². The zero-order valence-corrected chi connectivity index (χ0v) is 17.7. The first-order chi connectivity index (χ1) is 11.9. The molecule has 0 spiro atoms. The molecule has 2 atom stereocenters. The first-order valence-electron chi connectivity index (χ1n) is 10.5. The molecular weight excluding hydrogens is 334 g/mol. The molecule has 0 fully saturated rings. The number of aliphatic hydroxyl groups is 1. The van der Waals surface area contributed by atoms with Crippen LogP contribution in [-0.2, 0) is 10.0 Å². The van der Waals surface area contributed by atoms with Gasteiger partial charge in [-0.1, -0.05) is 96.8 Å². The van der Waals surface area contributed by atoms with Gasteiger partial charge in [0.25, 0.3) is 0 Å². The fraction of sp³-hybridized carbons (Fsp3) is 1.00. The molecule has 0 rings (SSSR count). The van der Waals surface area contributed by atoms with Crippen molar-refractivity contribution in [3.8, 4) is 0 Å². The second-order valence-electron chi connectivity index (χ2n) is 7.63. The maximum Gasteiger partial charge on any atom is 0.209 e. The minimum Gasteiger partial charge on any atom is -0.391 e. The summed E-state index contributed by atoms with van der Waals surface area (Å²) in [5.74, 6) is 0. The van der Waals surface area contributed by atoms with Crippen LogP contribution in [0, 0.1) is 0 Å². The van der Waals surface area contributed by atoms with Crippen molar-refractivity contribution >= 4 is 10.0 Å². The molecule has 152 valence electrons. The van der Waals surface area contributed by atoms with Crippen LogP contribution < -0.4 is 4.72 Å². The number of sulfonamides is 1. The molecule has 5 heteroatoms. The third-order valence-electron chi connectivity index (χ3n) is 4.83. The van der Waals surface area contributed by atoms with E-state index < -0.39 is 22.2 Å². The predicted octanol–water partition coefficient (Wildman–Crippen LogP) is 5.16. The maximum atomic E-state index is 11.1. The third kappa shape index (κ3) is 18.5. The van der Waals surface area contributed by atoms with Gasteiger partial charge in [-0.3, -0.25) is 0 Å². The fourth-order valence-electron chi connectivity index (χ4n) is 3.21. The Kier molecular flexibility index (Phi) is 16.0. The lowest BCUT2D eigenvalue weighted by Gasteiger charge is -2.18. The molecule has 0 aliphatic rings. The summed E-state index contributed by atoms with van der Waals surface area (Å²) in [7, 11) is -3.24. The minimum atomic E-state index is -3.24. The first-order valence-corrected chi connectivity index (χ1v) is 12.4. The second kappa shape index (κ2) is 16.1. The van der Waals surface area contributed by atoms with Gasteiger partial charge in [0.1, 0.15) is 0 Å². The van der Waals surface area contributed by atoms with E-state index in [1.807, 2.05) is 0 Å². The van der Waals surface area contributed by atoms with E-state index >= 15 is 0 Å². The lowest BCUT2D eigenvalue weighted by atomic mass is 10.0. The monoisotopic (exact) mass is 377 g/mol. The highest BCUT2D eigenvalue weighted by Crippen LogP contribution is 2.14. The van der Waals surface area contributed by atoms with E-state index in [2.05, 4.69) is 11.6 Å². The van der Waals surface area contributed by atoms with E-state index in [0.29, 0.717) is 6.42 Å². The summed E-state index contributed by atoms with van der Waals surface area (Å²) in [5.41, 5.74) is 0. The summed E-state index contributed by atoms with van der Waals surface area (Å²) in [4.78, 5) is 0. The van der Waals surface area contributed by atoms with E-state index in [0.717, 1.165) is 19.1 Å². The molecular formula is C20H43NO3S. The summed E-state index contributed by atoms with van der Waals surface area (Å²) in [6.45, 7) is 3.98. The normalized spacial score (nSPS) is 14.6. The van der Waals surface area contributed by atoms with Crippen LogP contribution in [-0.4, -0.2) is 31.9 Å². The van der Waals surface area contributed by atoms with Gasteiger partial charge in [0.15, 0.2) is 0 Å². The molecule has 0 heterocycles. The van der Waals surface area contributed by atoms with Crippen molar-refractivity contribution in [2.45, 2.75) is 122 Å². The van der Waals surface area contributed by atoms with E-state index in [1.54, 1.807) is 6.92 Å². The molecule has 0 amide bonds. The number of rotatable bonds is 18. The van der Waals surface area contributed by atoms with Crippen LogP contribution >= 0.6 is 0 Å². The number of nitrogens with one attached hydrogen (secondary N) is 1. The summed E-state index contributed by atoms with van der Waals surface area (Å²) in [6.07, 6.45) is 19.6. The lowest BCUT2D eigenvalue weighted by molar-refractivity contribution is 0.131. The van der Waals surface area contributed by atoms with Crippen LogP contribution in [0.15, 0.2) is 0 Å². The Balaban J connectivity index is 3.31. The Morgan fingerprint density at radius 3 is 1.48 bits per heavy atom. The Labute approximate surface area is 157 Å². The molecule has 4 nitrogen and oxygen atoms in total. The Bertz CT molecular complexity index is 384. The van der Waals surface area contributed by atoms with Gasteiger partial charge in [-0.2, -0.15) is 0 Å². The zero-order valence-electron chi connectivity index (χ0n) is 16.9. The Morgan fingerprint density at radius 2 is 1.12 bits per heavy atom. The minimum absolute atomic E-state index is 0.406. The van der Waals surface area contributed by atoms with E-state index in [4.69, 9.17) is 0 Å². The molecule has 0 unspecified atom stereocenters. The molecule has 0 bridgehead atoms. The van der Waals surface area contributed by atoms with Gasteiger partial charge in [0.2, 0.25) is 10.0 Å². The standard InChI is InChI=1S/C20H43NO3S/c1-4-5-6-7-8-9-10-11-12-13-14-15-16-17-18-20(22)19(2)21-25(3,23)24/h19-22H,4-18H2,1-3H3/t19-,20+/m0/s1. The van der Waals surface area contributed by atoms with Crippen LogP contribution in [0.3, 0.4) is 0 Å². The van der Waals surface area contributed by atoms with Crippen molar-refractivity contribution in [1.29, 1.82) is 0 Å². The molecule has 0 radical (unpaired) electrons. The number of unbranched alkanes of at least 4 members (excludes halogenated alkanes) is 13. The topological polar surface area (TPSA) is 66.4 Å². The van der Waals surface area contributed by atoms with Gasteiger partial charge < -0.3 is 5.11 Å². The highest BCUT2D eigenvalue weighted by atomic mass is 32.2. The Morgan fingerprint density at radius 1 is 0.760 bits per heavy atom. The van der Waals surface area contributed by atoms with E-state index in [-0.39, 0.29) is 0 Å². The maximum absolute atomic E-state index is 11.1. The van der Waals surface area contributed by atoms with E-state index in [9.17, 15) is 13.5 Å². The highest BCUT2D eigenvalue weighted by molar-refractivity contribution is 7.88. The molecule has 0 saturated carbocycles. The summed E-state index contributed by atoms with van der Waals surface area (Å²) >= 11 is 0. The molecule has 0 aliphatic carbocycles. The molecule has 0 aliphatic heterocycles. The summed E-state index contributed by atoms with van der Waals surface area (Å²) in [6, 6.07) is -0.406. The molecule has 0 aromatic carbocycles. The third-order valence-corrected chi connectivity index (χ3v) is 5.63. The quantitative estimate of drug-likeness (QED) is 0.324. The SMILES string of the molecule is CCCCCCCCCCCCCCCC[C@@H](O)[C@H](C)NS(C)(=O)=O. The van der Waals surface area contributed by atoms with Crippen LogP contribution in [0.2, 0.25) is 0 Å². The predicted molar refractivity (Wildman–Crippen MR) is 108 cm³/mol. The molecule has 0 aromatic heterocycles. The van der Waals surface area contributed by atoms with Crippen molar-refractivity contribution in [2.75, 3.05) is 6.26 Å². The smallest absolute Gasteiger partial charge is 0.209 e. The van der Waals surface area contributed by atoms with Crippen LogP contribution in [0.4, 0.5) is 0 Å². The van der Waals surface area contributed by atoms with E-state index in [1.165, 1.54) is 77.0 Å². The average molecular weight is 378 g/mol. The van der Waals surface area contributed by atoms with Gasteiger partial charge in [-0.25, -0.2) is 13.1 Å². The average Bonchev–Trinajstić information content (AvgIpc) is 2.53. The van der Waals surface area contributed by atoms with Crippen molar-refractivity contribution in [2.24, 2.45) is 0 Å². The molecule has 0 saturated heterocycles. The second-order valence-corrected chi connectivity index (χ2v) is 9.41. The van der Waals surface area contributed by atoms with Gasteiger partial charge in [0.05, 0.1) is 12.4 Å². The Hall–Kier alpha value is -0.130. The van der Waals surface area contributed by atoms with Crippen molar-refractivity contribution in [1.82, 2.24) is 4.72 Å². The van der Waals surface area contributed by atoms with Crippen LogP contribution in [0.25, 0.3) is 0 Å². The summed E-state index contributed by atoms with van der Waals surface area (Å²) in [5, 5.41) is 9.95. The zero-order chi connectivity index (χ0) is 19.0. The molecule has 25 heavy (non-hydrogen) atoms. The van der Waals surface area contributed by atoms with Crippen LogP contribution in [0.5, 0.6) is 0 Å². The van der Waals surface area contributed by atoms with Crippen molar-refractivity contribution in [3.05, 3.63) is 0 Å². The van der Waals surface area contributed by atoms with Gasteiger partial charge in [-0.15, -0.1) is 0 Å². The van der Waals surface area contributed by atoms with Crippen molar-refractivity contribution < 1.29 is 13.5 Å². The summed E-state index contributed by atoms with van der Waals surface area (Å²) < 4.78 is 24.7. The first kappa shape index (κ1) is 24.9.